The Morgan fingerprint density at radius 2 is 1.65 bits per heavy atom. The third-order valence-corrected chi connectivity index (χ3v) is 5.89. The molecule has 0 saturated carbocycles. The van der Waals surface area contributed by atoms with Crippen LogP contribution in [0.15, 0.2) is 52.4 Å². The first-order chi connectivity index (χ1) is 10.8. The standard InChI is InChI=1S/C15H7Cl3FNO2S/c16-8-4-9(17)6-10(5-8)23(21,22)13-7-20-15-11(14(13)18)2-1-3-12(15)19/h1-7H. The van der Waals surface area contributed by atoms with Crippen LogP contribution in [0, 0.1) is 5.82 Å². The highest BCUT2D eigenvalue weighted by Crippen LogP contribution is 2.34. The predicted molar refractivity (Wildman–Crippen MR) is 88.6 cm³/mol. The molecule has 1 aromatic heterocycles. The molecule has 3 nitrogen and oxygen atoms in total. The number of fused-ring (bicyclic) bond motifs is 1. The van der Waals surface area contributed by atoms with E-state index in [1.807, 2.05) is 0 Å². The highest BCUT2D eigenvalue weighted by Gasteiger charge is 2.24. The molecule has 0 fully saturated rings. The van der Waals surface area contributed by atoms with Gasteiger partial charge in [0.1, 0.15) is 16.2 Å². The molecule has 118 valence electrons. The number of pyridine rings is 1. The highest BCUT2D eigenvalue weighted by molar-refractivity contribution is 7.91. The van der Waals surface area contributed by atoms with E-state index in [9.17, 15) is 12.8 Å². The number of halogens is 4. The fraction of sp³-hybridized carbons (Fsp3) is 0. The molecule has 0 aliphatic carbocycles. The SMILES string of the molecule is O=S(=O)(c1cc(Cl)cc(Cl)c1)c1cnc2c(F)cccc2c1Cl. The van der Waals surface area contributed by atoms with Crippen LogP contribution < -0.4 is 0 Å². The van der Waals surface area contributed by atoms with Gasteiger partial charge in [-0.3, -0.25) is 4.98 Å². The Balaban J connectivity index is 2.29. The van der Waals surface area contributed by atoms with Crippen molar-refractivity contribution in [1.82, 2.24) is 4.98 Å². The molecule has 2 aromatic carbocycles. The van der Waals surface area contributed by atoms with Crippen LogP contribution in [-0.2, 0) is 9.84 Å². The number of para-hydroxylation sites is 1. The van der Waals surface area contributed by atoms with Crippen molar-refractivity contribution >= 4 is 55.5 Å². The molecule has 0 aliphatic rings. The summed E-state index contributed by atoms with van der Waals surface area (Å²) in [6.07, 6.45) is 1.03. The first kappa shape index (κ1) is 16.5. The number of aromatic nitrogens is 1. The molecule has 3 aromatic rings. The first-order valence-electron chi connectivity index (χ1n) is 6.24. The van der Waals surface area contributed by atoms with Crippen LogP contribution in [0.2, 0.25) is 15.1 Å². The van der Waals surface area contributed by atoms with Crippen molar-refractivity contribution in [3.8, 4) is 0 Å². The molecule has 0 amide bonds. The van der Waals surface area contributed by atoms with E-state index in [1.165, 1.54) is 36.4 Å². The Hall–Kier alpha value is -1.40. The van der Waals surface area contributed by atoms with Gasteiger partial charge in [0.25, 0.3) is 0 Å². The number of sulfone groups is 1. The number of hydrogen-bond donors (Lipinski definition) is 0. The fourth-order valence-electron chi connectivity index (χ4n) is 2.13. The van der Waals surface area contributed by atoms with Gasteiger partial charge in [-0.05, 0) is 24.3 Å². The lowest BCUT2D eigenvalue weighted by Crippen LogP contribution is -2.04. The molecular formula is C15H7Cl3FNO2S. The summed E-state index contributed by atoms with van der Waals surface area (Å²) < 4.78 is 39.2. The number of hydrogen-bond acceptors (Lipinski definition) is 3. The van der Waals surface area contributed by atoms with Crippen LogP contribution in [-0.4, -0.2) is 13.4 Å². The lowest BCUT2D eigenvalue weighted by Gasteiger charge is -2.09. The van der Waals surface area contributed by atoms with Crippen LogP contribution >= 0.6 is 34.8 Å². The molecule has 0 aliphatic heterocycles. The van der Waals surface area contributed by atoms with Gasteiger partial charge in [0.05, 0.1) is 9.92 Å². The Bertz CT molecular complexity index is 1020. The molecule has 23 heavy (non-hydrogen) atoms. The van der Waals surface area contributed by atoms with Crippen LogP contribution in [0.1, 0.15) is 0 Å². The van der Waals surface area contributed by atoms with E-state index in [2.05, 4.69) is 4.98 Å². The van der Waals surface area contributed by atoms with E-state index < -0.39 is 15.7 Å². The zero-order chi connectivity index (χ0) is 16.8. The van der Waals surface area contributed by atoms with E-state index in [1.54, 1.807) is 0 Å². The Morgan fingerprint density at radius 1 is 1.00 bits per heavy atom. The van der Waals surface area contributed by atoms with Gasteiger partial charge >= 0.3 is 0 Å². The van der Waals surface area contributed by atoms with Crippen LogP contribution in [0.3, 0.4) is 0 Å². The summed E-state index contributed by atoms with van der Waals surface area (Å²) in [5.41, 5.74) is 0.000534. The van der Waals surface area contributed by atoms with Gasteiger partial charge in [-0.15, -0.1) is 0 Å². The molecule has 8 heteroatoms. The topological polar surface area (TPSA) is 47.0 Å². The van der Waals surface area contributed by atoms with Gasteiger partial charge in [0, 0.05) is 21.6 Å². The molecule has 0 atom stereocenters. The fourth-order valence-corrected chi connectivity index (χ4v) is 4.65. The number of benzene rings is 2. The second kappa shape index (κ2) is 5.91. The maximum atomic E-state index is 13.7. The van der Waals surface area contributed by atoms with E-state index in [0.29, 0.717) is 0 Å². The molecule has 0 spiro atoms. The monoisotopic (exact) mass is 389 g/mol. The summed E-state index contributed by atoms with van der Waals surface area (Å²) in [7, 11) is -4.00. The largest absolute Gasteiger partial charge is 0.252 e. The van der Waals surface area contributed by atoms with Crippen LogP contribution in [0.5, 0.6) is 0 Å². The summed E-state index contributed by atoms with van der Waals surface area (Å²) in [6, 6.07) is 8.08. The molecule has 1 heterocycles. The number of nitrogens with zero attached hydrogens (tertiary/aromatic N) is 1. The lowest BCUT2D eigenvalue weighted by molar-refractivity contribution is 0.595. The van der Waals surface area contributed by atoms with E-state index in [-0.39, 0.29) is 35.8 Å². The van der Waals surface area contributed by atoms with Crippen molar-refractivity contribution in [3.05, 3.63) is 63.5 Å². The second-order valence-corrected chi connectivity index (χ2v) is 7.85. The van der Waals surface area contributed by atoms with E-state index >= 15 is 0 Å². The highest BCUT2D eigenvalue weighted by atomic mass is 35.5. The molecule has 0 saturated heterocycles. The van der Waals surface area contributed by atoms with Crippen molar-refractivity contribution in [2.45, 2.75) is 9.79 Å². The molecule has 0 radical (unpaired) electrons. The molecule has 0 N–H and O–H groups in total. The average Bonchev–Trinajstić information content (AvgIpc) is 2.47. The van der Waals surface area contributed by atoms with E-state index in [4.69, 9.17) is 34.8 Å². The molecule has 0 bridgehead atoms. The van der Waals surface area contributed by atoms with Crippen molar-refractivity contribution in [1.29, 1.82) is 0 Å². The molecular weight excluding hydrogens is 384 g/mol. The van der Waals surface area contributed by atoms with Gasteiger partial charge in [-0.1, -0.05) is 46.9 Å². The minimum atomic E-state index is -4.00. The quantitative estimate of drug-likeness (QED) is 0.606. The minimum Gasteiger partial charge on any atom is -0.252 e. The Kier molecular flexibility index (Phi) is 4.23. The smallest absolute Gasteiger partial charge is 0.209 e. The lowest BCUT2D eigenvalue weighted by atomic mass is 10.2. The summed E-state index contributed by atoms with van der Waals surface area (Å²) in [6.45, 7) is 0. The molecule has 0 unspecified atom stereocenters. The maximum Gasteiger partial charge on any atom is 0.209 e. The number of rotatable bonds is 2. The van der Waals surface area contributed by atoms with Crippen molar-refractivity contribution in [3.63, 3.8) is 0 Å². The van der Waals surface area contributed by atoms with Crippen molar-refractivity contribution in [2.24, 2.45) is 0 Å². The third-order valence-electron chi connectivity index (χ3n) is 3.19. The normalized spacial score (nSPS) is 11.8. The molecule has 3 rings (SSSR count). The second-order valence-electron chi connectivity index (χ2n) is 4.68. The van der Waals surface area contributed by atoms with E-state index in [0.717, 1.165) is 6.20 Å². The predicted octanol–water partition coefficient (Wildman–Crippen LogP) is 5.17. The summed E-state index contributed by atoms with van der Waals surface area (Å²) >= 11 is 17.9. The Labute approximate surface area is 146 Å². The van der Waals surface area contributed by atoms with Gasteiger partial charge in [0.2, 0.25) is 9.84 Å². The van der Waals surface area contributed by atoms with Crippen LogP contribution in [0.25, 0.3) is 10.9 Å². The van der Waals surface area contributed by atoms with Gasteiger partial charge in [0.15, 0.2) is 0 Å². The summed E-state index contributed by atoms with van der Waals surface area (Å²) in [4.78, 5) is 3.52. The third kappa shape index (κ3) is 2.90. The Morgan fingerprint density at radius 3 is 2.30 bits per heavy atom. The van der Waals surface area contributed by atoms with Crippen LogP contribution in [0.4, 0.5) is 4.39 Å². The zero-order valence-corrected chi connectivity index (χ0v) is 14.3. The van der Waals surface area contributed by atoms with Gasteiger partial charge in [-0.2, -0.15) is 0 Å². The zero-order valence-electron chi connectivity index (χ0n) is 11.2. The summed E-state index contributed by atoms with van der Waals surface area (Å²) in [5, 5.41) is 0.449. The first-order valence-corrected chi connectivity index (χ1v) is 8.86. The average molecular weight is 391 g/mol. The van der Waals surface area contributed by atoms with Crippen molar-refractivity contribution < 1.29 is 12.8 Å². The maximum absolute atomic E-state index is 13.7. The summed E-state index contributed by atoms with van der Waals surface area (Å²) in [5.74, 6) is -0.584. The minimum absolute atomic E-state index is 0.000534. The van der Waals surface area contributed by atoms with Gasteiger partial charge < -0.3 is 0 Å². The van der Waals surface area contributed by atoms with Gasteiger partial charge in [-0.25, -0.2) is 12.8 Å². The van der Waals surface area contributed by atoms with Crippen molar-refractivity contribution in [2.75, 3.05) is 0 Å².